The van der Waals surface area contributed by atoms with E-state index in [0.717, 1.165) is 20.8 Å². The van der Waals surface area contributed by atoms with Gasteiger partial charge >= 0.3 is 23.9 Å². The van der Waals surface area contributed by atoms with Crippen molar-refractivity contribution in [3.63, 3.8) is 0 Å². The number of ether oxygens (including phenoxy) is 8. The first-order chi connectivity index (χ1) is 21.9. The van der Waals surface area contributed by atoms with Crippen LogP contribution in [0, 0.1) is 6.92 Å². The Kier molecular flexibility index (Phi) is 9.46. The normalized spacial score (nSPS) is 22.0. The minimum atomic E-state index is -1.46. The number of aryl methyl sites for hydroxylation is 1. The topological polar surface area (TPSA) is 172 Å². The molecule has 14 nitrogen and oxygen atoms in total. The second-order valence-corrected chi connectivity index (χ2v) is 10.6. The van der Waals surface area contributed by atoms with Crippen LogP contribution < -0.4 is 19.6 Å². The molecule has 14 heteroatoms. The van der Waals surface area contributed by atoms with Gasteiger partial charge in [0.2, 0.25) is 17.8 Å². The molecule has 2 aliphatic rings. The summed E-state index contributed by atoms with van der Waals surface area (Å²) in [5.41, 5.74) is 0.828. The highest BCUT2D eigenvalue weighted by atomic mass is 16.7. The lowest BCUT2D eigenvalue weighted by Crippen LogP contribution is -2.63. The molecule has 0 unspecified atom stereocenters. The molecule has 0 aliphatic carbocycles. The number of rotatable bonds is 8. The molecule has 3 heterocycles. The van der Waals surface area contributed by atoms with E-state index in [1.54, 1.807) is 25.1 Å². The maximum absolute atomic E-state index is 13.6. The van der Waals surface area contributed by atoms with Crippen LogP contribution in [0.5, 0.6) is 17.2 Å². The van der Waals surface area contributed by atoms with Crippen LogP contribution in [0.3, 0.4) is 0 Å². The van der Waals surface area contributed by atoms with E-state index in [1.165, 1.54) is 25.1 Å². The lowest BCUT2D eigenvalue weighted by Gasteiger charge is -2.43. The number of carbonyl (C=O) groups is 4. The van der Waals surface area contributed by atoms with Gasteiger partial charge in [-0.3, -0.25) is 24.0 Å². The van der Waals surface area contributed by atoms with Gasteiger partial charge in [-0.1, -0.05) is 6.07 Å². The molecule has 5 rings (SSSR count). The fourth-order valence-corrected chi connectivity index (χ4v) is 5.31. The number of esters is 4. The van der Waals surface area contributed by atoms with E-state index in [2.05, 4.69) is 0 Å². The van der Waals surface area contributed by atoms with E-state index in [9.17, 15) is 24.0 Å². The standard InChI is InChI=1S/C32H32O14/c1-15-27(20-6-9-23-25(12-20)39-11-10-38-23)28(37)22-8-7-21(13-24(22)41-15)45-32-31(44-19(5)36)30(43-18(4)35)29(42-17(3)34)26(46-32)14-40-16(2)33/h6-9,12-13,26,29-32H,10-11,14H2,1-5H3/t26-,29+,30-,31-,32-/m0/s1. The van der Waals surface area contributed by atoms with Crippen molar-refractivity contribution in [3.8, 4) is 28.4 Å². The molecule has 244 valence electrons. The summed E-state index contributed by atoms with van der Waals surface area (Å²) in [6.07, 6.45) is -6.81. The molecule has 0 N–H and O–H groups in total. The van der Waals surface area contributed by atoms with Gasteiger partial charge in [-0.05, 0) is 36.8 Å². The first kappa shape index (κ1) is 32.3. The van der Waals surface area contributed by atoms with Gasteiger partial charge in [-0.25, -0.2) is 0 Å². The Morgan fingerprint density at radius 2 is 1.43 bits per heavy atom. The summed E-state index contributed by atoms with van der Waals surface area (Å²) < 4.78 is 50.7. The molecular weight excluding hydrogens is 608 g/mol. The first-order valence-electron chi connectivity index (χ1n) is 14.4. The minimum Gasteiger partial charge on any atom is -0.486 e. The lowest BCUT2D eigenvalue weighted by molar-refractivity contribution is -0.288. The van der Waals surface area contributed by atoms with Crippen LogP contribution in [-0.4, -0.2) is 74.4 Å². The minimum absolute atomic E-state index is 0.128. The third-order valence-electron chi connectivity index (χ3n) is 7.07. The maximum Gasteiger partial charge on any atom is 0.303 e. The van der Waals surface area contributed by atoms with Gasteiger partial charge in [0.05, 0.1) is 10.9 Å². The summed E-state index contributed by atoms with van der Waals surface area (Å²) in [5.74, 6) is -1.38. The van der Waals surface area contributed by atoms with Gasteiger partial charge in [0.25, 0.3) is 0 Å². The smallest absolute Gasteiger partial charge is 0.303 e. The SMILES string of the molecule is CC(=O)OC[C@@H]1O[C@H](Oc2ccc3c(=O)c(-c4ccc5c(c4)OCCO5)c(C)oc3c2)[C@@H](OC(C)=O)[C@@H](OC(C)=O)[C@@H]1OC(C)=O. The number of hydrogen-bond donors (Lipinski definition) is 0. The Balaban J connectivity index is 1.50. The van der Waals surface area contributed by atoms with Crippen LogP contribution in [0.4, 0.5) is 0 Å². The van der Waals surface area contributed by atoms with Crippen molar-refractivity contribution in [1.29, 1.82) is 0 Å². The van der Waals surface area contributed by atoms with Crippen LogP contribution >= 0.6 is 0 Å². The molecule has 2 aromatic carbocycles. The van der Waals surface area contributed by atoms with Gasteiger partial charge in [-0.2, -0.15) is 0 Å². The lowest BCUT2D eigenvalue weighted by atomic mass is 9.98. The Bertz CT molecular complexity index is 1730. The molecule has 1 saturated heterocycles. The highest BCUT2D eigenvalue weighted by Gasteiger charge is 2.53. The zero-order chi connectivity index (χ0) is 33.1. The van der Waals surface area contributed by atoms with Gasteiger partial charge in [-0.15, -0.1) is 0 Å². The van der Waals surface area contributed by atoms with Crippen molar-refractivity contribution in [3.05, 3.63) is 52.4 Å². The van der Waals surface area contributed by atoms with Gasteiger partial charge in [0.1, 0.15) is 43.0 Å². The molecular formula is C32H32O14. The third kappa shape index (κ3) is 7.07. The fourth-order valence-electron chi connectivity index (χ4n) is 5.31. The van der Waals surface area contributed by atoms with Crippen molar-refractivity contribution < 1.29 is 61.5 Å². The summed E-state index contributed by atoms with van der Waals surface area (Å²) in [6, 6.07) is 9.64. The van der Waals surface area contributed by atoms with Crippen LogP contribution in [0.25, 0.3) is 22.1 Å². The quantitative estimate of drug-likeness (QED) is 0.260. The van der Waals surface area contributed by atoms with Crippen LogP contribution in [-0.2, 0) is 42.9 Å². The molecule has 5 atom stereocenters. The zero-order valence-electron chi connectivity index (χ0n) is 25.7. The summed E-state index contributed by atoms with van der Waals surface area (Å²) in [7, 11) is 0. The second kappa shape index (κ2) is 13.5. The van der Waals surface area contributed by atoms with Crippen molar-refractivity contribution >= 4 is 34.8 Å². The Hall–Kier alpha value is -5.11. The van der Waals surface area contributed by atoms with Crippen LogP contribution in [0.1, 0.15) is 33.5 Å². The van der Waals surface area contributed by atoms with E-state index in [-0.39, 0.29) is 22.1 Å². The third-order valence-corrected chi connectivity index (χ3v) is 7.07. The predicted molar refractivity (Wildman–Crippen MR) is 156 cm³/mol. The average Bonchev–Trinajstić information content (AvgIpc) is 2.98. The average molecular weight is 641 g/mol. The molecule has 0 amide bonds. The van der Waals surface area contributed by atoms with E-state index in [0.29, 0.717) is 41.6 Å². The van der Waals surface area contributed by atoms with Gasteiger partial charge < -0.3 is 42.3 Å². The predicted octanol–water partition coefficient (Wildman–Crippen LogP) is 3.00. The second-order valence-electron chi connectivity index (χ2n) is 10.6. The molecule has 1 fully saturated rings. The first-order valence-corrected chi connectivity index (χ1v) is 14.4. The molecule has 46 heavy (non-hydrogen) atoms. The highest BCUT2D eigenvalue weighted by Crippen LogP contribution is 2.36. The van der Waals surface area contributed by atoms with Crippen LogP contribution in [0.2, 0.25) is 0 Å². The Labute approximate surface area is 262 Å². The molecule has 0 spiro atoms. The Morgan fingerprint density at radius 1 is 0.783 bits per heavy atom. The fraction of sp³-hybridized carbons (Fsp3) is 0.406. The highest BCUT2D eigenvalue weighted by molar-refractivity contribution is 5.84. The van der Waals surface area contributed by atoms with Crippen molar-refractivity contribution in [2.75, 3.05) is 19.8 Å². The number of hydrogen-bond acceptors (Lipinski definition) is 14. The molecule has 0 saturated carbocycles. The number of benzene rings is 2. The van der Waals surface area contributed by atoms with E-state index in [4.69, 9.17) is 42.3 Å². The molecule has 0 bridgehead atoms. The van der Waals surface area contributed by atoms with Crippen molar-refractivity contribution in [2.24, 2.45) is 0 Å². The monoisotopic (exact) mass is 640 g/mol. The van der Waals surface area contributed by atoms with Crippen LogP contribution in [0.15, 0.2) is 45.6 Å². The molecule has 0 radical (unpaired) electrons. The molecule has 3 aromatic rings. The summed E-state index contributed by atoms with van der Waals surface area (Å²) >= 11 is 0. The summed E-state index contributed by atoms with van der Waals surface area (Å²) in [5, 5.41) is 0.254. The van der Waals surface area contributed by atoms with Crippen molar-refractivity contribution in [1.82, 2.24) is 0 Å². The largest absolute Gasteiger partial charge is 0.486 e. The molecule has 1 aromatic heterocycles. The number of fused-ring (bicyclic) bond motifs is 2. The summed E-state index contributed by atoms with van der Waals surface area (Å²) in [4.78, 5) is 61.4. The van der Waals surface area contributed by atoms with E-state index in [1.807, 2.05) is 0 Å². The van der Waals surface area contributed by atoms with E-state index >= 15 is 0 Å². The van der Waals surface area contributed by atoms with Crippen molar-refractivity contribution in [2.45, 2.75) is 65.3 Å². The maximum atomic E-state index is 13.6. The molecule has 2 aliphatic heterocycles. The van der Waals surface area contributed by atoms with E-state index < -0.39 is 61.2 Å². The summed E-state index contributed by atoms with van der Waals surface area (Å²) in [6.45, 7) is 6.62. The zero-order valence-corrected chi connectivity index (χ0v) is 25.7. The number of carbonyl (C=O) groups excluding carboxylic acids is 4. The van der Waals surface area contributed by atoms with Gasteiger partial charge in [0, 0.05) is 33.8 Å². The Morgan fingerprint density at radius 3 is 2.11 bits per heavy atom. The van der Waals surface area contributed by atoms with Gasteiger partial charge in [0.15, 0.2) is 23.7 Å².